The van der Waals surface area contributed by atoms with Gasteiger partial charge in [-0.05, 0) is 54.5 Å². The lowest BCUT2D eigenvalue weighted by atomic mass is 9.92. The maximum absolute atomic E-state index is 12.4. The Balaban J connectivity index is 1.63. The number of nitrogens with one attached hydrogen (secondary N) is 2. The van der Waals surface area contributed by atoms with E-state index in [4.69, 9.17) is 4.74 Å². The van der Waals surface area contributed by atoms with Gasteiger partial charge in [-0.25, -0.2) is 13.1 Å². The molecule has 7 heteroatoms. The SMILES string of the molecule is COc1ccc2[nH]c3c(c2c1)CC(NS(=O)(=O)c1cccs1)CC3. The Morgan fingerprint density at radius 1 is 1.33 bits per heavy atom. The fourth-order valence-electron chi connectivity index (χ4n) is 3.32. The van der Waals surface area contributed by atoms with Crippen LogP contribution in [-0.2, 0) is 22.9 Å². The van der Waals surface area contributed by atoms with E-state index in [1.54, 1.807) is 24.6 Å². The van der Waals surface area contributed by atoms with Crippen molar-refractivity contribution in [3.63, 3.8) is 0 Å². The monoisotopic (exact) mass is 362 g/mol. The van der Waals surface area contributed by atoms with E-state index < -0.39 is 10.0 Å². The predicted octanol–water partition coefficient (Wildman–Crippen LogP) is 3.07. The summed E-state index contributed by atoms with van der Waals surface area (Å²) < 4.78 is 33.4. The number of hydrogen-bond donors (Lipinski definition) is 2. The minimum absolute atomic E-state index is 0.0881. The number of thiophene rings is 1. The van der Waals surface area contributed by atoms with E-state index in [1.165, 1.54) is 22.6 Å². The molecule has 2 N–H and O–H groups in total. The van der Waals surface area contributed by atoms with Crippen molar-refractivity contribution in [1.29, 1.82) is 0 Å². The van der Waals surface area contributed by atoms with Gasteiger partial charge < -0.3 is 9.72 Å². The van der Waals surface area contributed by atoms with Crippen molar-refractivity contribution in [1.82, 2.24) is 9.71 Å². The van der Waals surface area contributed by atoms with E-state index in [-0.39, 0.29) is 6.04 Å². The Morgan fingerprint density at radius 2 is 2.21 bits per heavy atom. The van der Waals surface area contributed by atoms with Gasteiger partial charge in [-0.2, -0.15) is 0 Å². The maximum atomic E-state index is 12.4. The van der Waals surface area contributed by atoms with Crippen molar-refractivity contribution in [2.75, 3.05) is 7.11 Å². The van der Waals surface area contributed by atoms with E-state index in [2.05, 4.69) is 9.71 Å². The van der Waals surface area contributed by atoms with Crippen LogP contribution < -0.4 is 9.46 Å². The zero-order chi connectivity index (χ0) is 16.7. The van der Waals surface area contributed by atoms with Crippen LogP contribution in [0.4, 0.5) is 0 Å². The van der Waals surface area contributed by atoms with Crippen LogP contribution in [0, 0.1) is 0 Å². The van der Waals surface area contributed by atoms with Gasteiger partial charge in [0.15, 0.2) is 0 Å². The Morgan fingerprint density at radius 3 is 2.96 bits per heavy atom. The average Bonchev–Trinajstić information content (AvgIpc) is 3.22. The molecule has 0 amide bonds. The molecule has 126 valence electrons. The Hall–Kier alpha value is -1.83. The van der Waals surface area contributed by atoms with Gasteiger partial charge in [-0.1, -0.05) is 6.07 Å². The minimum atomic E-state index is -3.43. The van der Waals surface area contributed by atoms with E-state index in [1.807, 2.05) is 18.2 Å². The number of aryl methyl sites for hydroxylation is 1. The molecule has 0 saturated heterocycles. The number of hydrogen-bond acceptors (Lipinski definition) is 4. The second-order valence-corrected chi connectivity index (χ2v) is 8.88. The van der Waals surface area contributed by atoms with Crippen molar-refractivity contribution in [2.24, 2.45) is 0 Å². The first-order chi connectivity index (χ1) is 11.6. The van der Waals surface area contributed by atoms with Gasteiger partial charge in [0.2, 0.25) is 10.0 Å². The number of ether oxygens (including phenoxy) is 1. The number of aromatic nitrogens is 1. The lowest BCUT2D eigenvalue weighted by Gasteiger charge is -2.23. The largest absolute Gasteiger partial charge is 0.497 e. The van der Waals surface area contributed by atoms with Crippen molar-refractivity contribution < 1.29 is 13.2 Å². The zero-order valence-electron chi connectivity index (χ0n) is 13.2. The molecule has 0 aliphatic heterocycles. The number of benzene rings is 1. The van der Waals surface area contributed by atoms with Crippen LogP contribution in [0.1, 0.15) is 17.7 Å². The van der Waals surface area contributed by atoms with Crippen LogP contribution in [0.2, 0.25) is 0 Å². The summed E-state index contributed by atoms with van der Waals surface area (Å²) >= 11 is 1.24. The first-order valence-electron chi connectivity index (χ1n) is 7.80. The van der Waals surface area contributed by atoms with Crippen LogP contribution in [0.25, 0.3) is 10.9 Å². The Bertz CT molecular complexity index is 975. The molecule has 1 unspecified atom stereocenters. The summed E-state index contributed by atoms with van der Waals surface area (Å²) in [5, 5.41) is 2.89. The fourth-order valence-corrected chi connectivity index (χ4v) is 5.60. The quantitative estimate of drug-likeness (QED) is 0.749. The van der Waals surface area contributed by atoms with Crippen LogP contribution in [0.15, 0.2) is 39.9 Å². The number of fused-ring (bicyclic) bond motifs is 3. The Kier molecular flexibility index (Phi) is 3.86. The van der Waals surface area contributed by atoms with Crippen LogP contribution in [0.5, 0.6) is 5.75 Å². The van der Waals surface area contributed by atoms with Gasteiger partial charge >= 0.3 is 0 Å². The molecule has 1 aliphatic rings. The average molecular weight is 362 g/mol. The molecule has 5 nitrogen and oxygen atoms in total. The molecule has 1 aliphatic carbocycles. The van der Waals surface area contributed by atoms with Gasteiger partial charge in [0.05, 0.1) is 7.11 Å². The number of aromatic amines is 1. The van der Waals surface area contributed by atoms with Crippen LogP contribution in [-0.4, -0.2) is 26.6 Å². The minimum Gasteiger partial charge on any atom is -0.497 e. The summed E-state index contributed by atoms with van der Waals surface area (Å²) in [6, 6.07) is 9.26. The molecule has 0 spiro atoms. The number of H-pyrrole nitrogens is 1. The topological polar surface area (TPSA) is 71.2 Å². The first-order valence-corrected chi connectivity index (χ1v) is 10.2. The summed E-state index contributed by atoms with van der Waals surface area (Å²) in [6.45, 7) is 0. The molecule has 0 bridgehead atoms. The highest BCUT2D eigenvalue weighted by Crippen LogP contribution is 2.32. The second-order valence-electron chi connectivity index (χ2n) is 5.99. The van der Waals surface area contributed by atoms with Gasteiger partial charge in [-0.15, -0.1) is 11.3 Å². The molecule has 4 rings (SSSR count). The number of sulfonamides is 1. The highest BCUT2D eigenvalue weighted by molar-refractivity contribution is 7.91. The third-order valence-electron chi connectivity index (χ3n) is 4.48. The fraction of sp³-hybridized carbons (Fsp3) is 0.294. The lowest BCUT2D eigenvalue weighted by molar-refractivity contribution is 0.415. The van der Waals surface area contributed by atoms with Crippen molar-refractivity contribution >= 4 is 32.3 Å². The summed E-state index contributed by atoms with van der Waals surface area (Å²) in [4.78, 5) is 3.45. The van der Waals surface area contributed by atoms with Crippen LogP contribution >= 0.6 is 11.3 Å². The molecule has 2 aromatic heterocycles. The first kappa shape index (κ1) is 15.7. The highest BCUT2D eigenvalue weighted by Gasteiger charge is 2.27. The van der Waals surface area contributed by atoms with Gasteiger partial charge in [-0.3, -0.25) is 0 Å². The molecular weight excluding hydrogens is 344 g/mol. The molecule has 0 radical (unpaired) electrons. The normalized spacial score (nSPS) is 17.8. The predicted molar refractivity (Wildman–Crippen MR) is 95.3 cm³/mol. The summed E-state index contributed by atoms with van der Waals surface area (Å²) in [5.41, 5.74) is 3.46. The molecule has 3 aromatic rings. The number of rotatable bonds is 4. The molecule has 2 heterocycles. The van der Waals surface area contributed by atoms with Gasteiger partial charge in [0.25, 0.3) is 0 Å². The molecule has 0 fully saturated rings. The summed E-state index contributed by atoms with van der Waals surface area (Å²) in [6.07, 6.45) is 2.32. The molecular formula is C17H18N2O3S2. The van der Waals surface area contributed by atoms with E-state index in [9.17, 15) is 8.42 Å². The Labute approximate surface area is 144 Å². The molecule has 1 atom stereocenters. The third kappa shape index (κ3) is 2.72. The summed E-state index contributed by atoms with van der Waals surface area (Å²) in [7, 11) is -1.78. The lowest BCUT2D eigenvalue weighted by Crippen LogP contribution is -2.38. The molecule has 0 saturated carbocycles. The highest BCUT2D eigenvalue weighted by atomic mass is 32.2. The van der Waals surface area contributed by atoms with Crippen molar-refractivity contribution in [3.05, 3.63) is 47.0 Å². The van der Waals surface area contributed by atoms with E-state index >= 15 is 0 Å². The second kappa shape index (κ2) is 5.91. The molecule has 24 heavy (non-hydrogen) atoms. The van der Waals surface area contributed by atoms with Gasteiger partial charge in [0, 0.05) is 22.6 Å². The standard InChI is InChI=1S/C17H18N2O3S2/c1-22-12-5-7-16-14(10-12)13-9-11(4-6-15(13)18-16)19-24(20,21)17-3-2-8-23-17/h2-3,5,7-8,10-11,18-19H,4,6,9H2,1H3. The van der Waals surface area contributed by atoms with E-state index in [0.717, 1.165) is 29.5 Å². The zero-order valence-corrected chi connectivity index (χ0v) is 14.8. The van der Waals surface area contributed by atoms with E-state index in [0.29, 0.717) is 10.6 Å². The molecule has 1 aromatic carbocycles. The summed E-state index contributed by atoms with van der Waals surface area (Å²) in [5.74, 6) is 0.811. The smallest absolute Gasteiger partial charge is 0.250 e. The third-order valence-corrected chi connectivity index (χ3v) is 7.39. The van der Waals surface area contributed by atoms with Crippen molar-refractivity contribution in [3.8, 4) is 5.75 Å². The maximum Gasteiger partial charge on any atom is 0.250 e. The number of methoxy groups -OCH3 is 1. The van der Waals surface area contributed by atoms with Gasteiger partial charge in [0.1, 0.15) is 9.96 Å². The van der Waals surface area contributed by atoms with Crippen LogP contribution in [0.3, 0.4) is 0 Å². The van der Waals surface area contributed by atoms with Crippen molar-refractivity contribution in [2.45, 2.75) is 29.5 Å².